The Labute approximate surface area is 323 Å². The smallest absolute Gasteiger partial charge is 0.0554 e. The zero-order valence-electron chi connectivity index (χ0n) is 29.9. The molecule has 0 fully saturated rings. The molecule has 0 saturated carbocycles. The zero-order chi connectivity index (χ0) is 36.3. The summed E-state index contributed by atoms with van der Waals surface area (Å²) in [5, 5.41) is 7.64. The molecule has 0 unspecified atom stereocenters. The van der Waals surface area contributed by atoms with Gasteiger partial charge in [0.25, 0.3) is 0 Å². The van der Waals surface area contributed by atoms with E-state index in [0.29, 0.717) is 0 Å². The van der Waals surface area contributed by atoms with Gasteiger partial charge in [0, 0.05) is 48.0 Å². The Morgan fingerprint density at radius 2 is 0.909 bits per heavy atom. The number of benzene rings is 9. The number of aromatic nitrogens is 1. The van der Waals surface area contributed by atoms with E-state index in [1.54, 1.807) is 0 Å². The Bertz CT molecular complexity index is 3170. The Balaban J connectivity index is 0.992. The third-order valence-corrected chi connectivity index (χ3v) is 12.1. The summed E-state index contributed by atoms with van der Waals surface area (Å²) in [5.41, 5.74) is 11.8. The first-order chi connectivity index (χ1) is 27.3. The first-order valence-electron chi connectivity index (χ1n) is 18.8. The van der Waals surface area contributed by atoms with Crippen LogP contribution in [0.25, 0.3) is 80.7 Å². The average Bonchev–Trinajstić information content (AvgIpc) is 3.80. The summed E-state index contributed by atoms with van der Waals surface area (Å²) in [6, 6.07) is 75.1. The summed E-state index contributed by atoms with van der Waals surface area (Å²) in [6.45, 7) is 0. The highest BCUT2D eigenvalue weighted by Gasteiger charge is 2.19. The minimum Gasteiger partial charge on any atom is -0.310 e. The largest absolute Gasteiger partial charge is 0.310 e. The second kappa shape index (κ2) is 12.9. The summed E-state index contributed by atoms with van der Waals surface area (Å²) in [6.07, 6.45) is 0. The summed E-state index contributed by atoms with van der Waals surface area (Å²) in [4.78, 5) is 2.41. The molecule has 0 N–H and O–H groups in total. The lowest BCUT2D eigenvalue weighted by atomic mass is 10.0. The van der Waals surface area contributed by atoms with Gasteiger partial charge in [-0.25, -0.2) is 0 Å². The minimum atomic E-state index is 1.12. The van der Waals surface area contributed by atoms with Crippen LogP contribution in [0.4, 0.5) is 17.1 Å². The summed E-state index contributed by atoms with van der Waals surface area (Å²) < 4.78 is 5.00. The van der Waals surface area contributed by atoms with Crippen LogP contribution in [0.1, 0.15) is 0 Å². The fourth-order valence-electron chi connectivity index (χ4n) is 8.34. The van der Waals surface area contributed by atoms with E-state index in [-0.39, 0.29) is 0 Å². The van der Waals surface area contributed by atoms with E-state index in [1.807, 2.05) is 11.3 Å². The molecule has 0 amide bonds. The molecule has 0 spiro atoms. The van der Waals surface area contributed by atoms with Crippen LogP contribution in [0.3, 0.4) is 0 Å². The van der Waals surface area contributed by atoms with Crippen molar-refractivity contribution in [1.29, 1.82) is 0 Å². The van der Waals surface area contributed by atoms with Gasteiger partial charge in [-0.1, -0.05) is 133 Å². The SMILES string of the molecule is c1ccc(-c2ccc(N(c3ccc(-c4ccc(-n5c6ccccc6c6cc7ccccc7cc65)cc4)cc3)c3cccc4sc5ccccc5c34)cc2)cc1. The molecule has 0 radical (unpaired) electrons. The number of anilines is 3. The standard InChI is InChI=1S/C52H34N2S/c1-2-11-35(12-3-1)36-21-27-41(28-22-36)53(48-18-10-20-51-52(48)45-16-7-9-19-50(45)55-51)42-29-23-37(24-30-42)38-25-31-43(32-26-38)54-47-17-8-6-15-44(47)46-33-39-13-4-5-14-40(39)34-49(46)54/h1-34H. The molecule has 2 nitrogen and oxygen atoms in total. The fourth-order valence-corrected chi connectivity index (χ4v) is 9.47. The lowest BCUT2D eigenvalue weighted by molar-refractivity contribution is 1.18. The maximum Gasteiger partial charge on any atom is 0.0554 e. The monoisotopic (exact) mass is 718 g/mol. The average molecular weight is 719 g/mol. The van der Waals surface area contributed by atoms with Crippen LogP contribution in [-0.2, 0) is 0 Å². The van der Waals surface area contributed by atoms with Crippen LogP contribution < -0.4 is 4.90 Å². The van der Waals surface area contributed by atoms with Gasteiger partial charge in [-0.15, -0.1) is 11.3 Å². The van der Waals surface area contributed by atoms with Crippen molar-refractivity contribution in [1.82, 2.24) is 4.57 Å². The lowest BCUT2D eigenvalue weighted by Gasteiger charge is -2.27. The van der Waals surface area contributed by atoms with Crippen LogP contribution in [0.5, 0.6) is 0 Å². The molecule has 0 atom stereocenters. The van der Waals surface area contributed by atoms with Gasteiger partial charge in [-0.3, -0.25) is 0 Å². The van der Waals surface area contributed by atoms with Crippen LogP contribution >= 0.6 is 11.3 Å². The van der Waals surface area contributed by atoms with Crippen molar-refractivity contribution >= 4 is 81.1 Å². The third kappa shape index (κ3) is 5.32. The second-order valence-electron chi connectivity index (χ2n) is 14.2. The van der Waals surface area contributed by atoms with Gasteiger partial charge < -0.3 is 9.47 Å². The Morgan fingerprint density at radius 3 is 1.62 bits per heavy atom. The van der Waals surface area contributed by atoms with E-state index in [0.717, 1.165) is 17.1 Å². The van der Waals surface area contributed by atoms with Gasteiger partial charge in [-0.2, -0.15) is 0 Å². The molecule has 11 rings (SSSR count). The van der Waals surface area contributed by atoms with E-state index in [9.17, 15) is 0 Å². The van der Waals surface area contributed by atoms with E-state index < -0.39 is 0 Å². The number of thiophene rings is 1. The van der Waals surface area contributed by atoms with E-state index >= 15 is 0 Å². The number of hydrogen-bond donors (Lipinski definition) is 0. The maximum atomic E-state index is 2.41. The summed E-state index contributed by atoms with van der Waals surface area (Å²) >= 11 is 1.86. The fraction of sp³-hybridized carbons (Fsp3) is 0. The molecule has 0 saturated heterocycles. The topological polar surface area (TPSA) is 8.17 Å². The van der Waals surface area contributed by atoms with Gasteiger partial charge in [0.05, 0.1) is 16.7 Å². The molecule has 2 aromatic heterocycles. The highest BCUT2D eigenvalue weighted by Crippen LogP contribution is 2.45. The minimum absolute atomic E-state index is 1.12. The molecule has 3 heteroatoms. The van der Waals surface area contributed by atoms with Gasteiger partial charge >= 0.3 is 0 Å². The predicted octanol–water partition coefficient (Wildman–Crippen LogP) is 15.1. The summed E-state index contributed by atoms with van der Waals surface area (Å²) in [7, 11) is 0. The molecule has 258 valence electrons. The molecule has 2 heterocycles. The van der Waals surface area contributed by atoms with Crippen molar-refractivity contribution in [3.63, 3.8) is 0 Å². The van der Waals surface area contributed by atoms with Crippen LogP contribution in [0.2, 0.25) is 0 Å². The second-order valence-corrected chi connectivity index (χ2v) is 15.2. The number of fused-ring (bicyclic) bond motifs is 7. The molecule has 55 heavy (non-hydrogen) atoms. The quantitative estimate of drug-likeness (QED) is 0.166. The Kier molecular flexibility index (Phi) is 7.39. The van der Waals surface area contributed by atoms with Gasteiger partial charge in [0.15, 0.2) is 0 Å². The molecular formula is C52H34N2S. The molecule has 11 aromatic rings. The highest BCUT2D eigenvalue weighted by molar-refractivity contribution is 7.26. The van der Waals surface area contributed by atoms with E-state index in [4.69, 9.17) is 0 Å². The first kappa shape index (κ1) is 31.6. The van der Waals surface area contributed by atoms with E-state index in [2.05, 4.69) is 216 Å². The molecule has 0 bridgehead atoms. The lowest BCUT2D eigenvalue weighted by Crippen LogP contribution is -2.10. The number of hydrogen-bond acceptors (Lipinski definition) is 2. The van der Waals surface area contributed by atoms with E-state index in [1.165, 1.54) is 80.7 Å². The van der Waals surface area contributed by atoms with Crippen molar-refractivity contribution < 1.29 is 0 Å². The summed E-state index contributed by atoms with van der Waals surface area (Å²) in [5.74, 6) is 0. The number of rotatable bonds is 6. The Morgan fingerprint density at radius 1 is 0.364 bits per heavy atom. The van der Waals surface area contributed by atoms with Crippen molar-refractivity contribution in [2.75, 3.05) is 4.90 Å². The normalized spacial score (nSPS) is 11.6. The number of para-hydroxylation sites is 1. The predicted molar refractivity (Wildman–Crippen MR) is 237 cm³/mol. The highest BCUT2D eigenvalue weighted by atomic mass is 32.1. The molecule has 0 aliphatic carbocycles. The van der Waals surface area contributed by atoms with Crippen molar-refractivity contribution in [2.24, 2.45) is 0 Å². The number of nitrogens with zero attached hydrogens (tertiary/aromatic N) is 2. The zero-order valence-corrected chi connectivity index (χ0v) is 30.7. The van der Waals surface area contributed by atoms with Crippen molar-refractivity contribution in [3.05, 3.63) is 206 Å². The molecule has 0 aliphatic rings. The first-order valence-corrected chi connectivity index (χ1v) is 19.6. The molecule has 9 aromatic carbocycles. The Hall–Kier alpha value is -6.94. The molecular weight excluding hydrogens is 685 g/mol. The third-order valence-electron chi connectivity index (χ3n) is 11.0. The van der Waals surface area contributed by atoms with Gasteiger partial charge in [-0.05, 0) is 106 Å². The maximum absolute atomic E-state index is 2.41. The van der Waals surface area contributed by atoms with Crippen molar-refractivity contribution in [2.45, 2.75) is 0 Å². The van der Waals surface area contributed by atoms with Crippen LogP contribution in [-0.4, -0.2) is 4.57 Å². The van der Waals surface area contributed by atoms with Crippen LogP contribution in [0.15, 0.2) is 206 Å². The van der Waals surface area contributed by atoms with Gasteiger partial charge in [0.1, 0.15) is 0 Å². The van der Waals surface area contributed by atoms with Crippen LogP contribution in [0, 0.1) is 0 Å². The molecule has 0 aliphatic heterocycles. The van der Waals surface area contributed by atoms with Gasteiger partial charge in [0.2, 0.25) is 0 Å². The van der Waals surface area contributed by atoms with Crippen molar-refractivity contribution in [3.8, 4) is 27.9 Å².